The number of hydrogen-bond donors (Lipinski definition) is 2. The van der Waals surface area contributed by atoms with E-state index in [1.807, 2.05) is 30.3 Å². The van der Waals surface area contributed by atoms with E-state index in [0.717, 1.165) is 29.6 Å². The molecule has 3 rings (SSSR count). The lowest BCUT2D eigenvalue weighted by Gasteiger charge is -2.10. The van der Waals surface area contributed by atoms with Gasteiger partial charge in [-0.15, -0.1) is 0 Å². The van der Waals surface area contributed by atoms with Crippen molar-refractivity contribution in [2.45, 2.75) is 6.42 Å². The molecule has 1 aromatic heterocycles. The van der Waals surface area contributed by atoms with Crippen molar-refractivity contribution in [3.63, 3.8) is 0 Å². The normalized spacial score (nSPS) is 10.5. The van der Waals surface area contributed by atoms with Crippen LogP contribution in [-0.4, -0.2) is 17.4 Å². The molecule has 0 saturated carbocycles. The lowest BCUT2D eigenvalue weighted by molar-refractivity contribution is 0.100. The third-order valence-corrected chi connectivity index (χ3v) is 3.60. The largest absolute Gasteiger partial charge is 0.384 e. The average Bonchev–Trinajstić information content (AvgIpc) is 2.55. The molecule has 4 heteroatoms. The maximum absolute atomic E-state index is 11.3. The Kier molecular flexibility index (Phi) is 4.01. The van der Waals surface area contributed by atoms with Crippen LogP contribution in [0.4, 0.5) is 5.69 Å². The van der Waals surface area contributed by atoms with Crippen LogP contribution < -0.4 is 11.1 Å². The van der Waals surface area contributed by atoms with Crippen LogP contribution in [-0.2, 0) is 6.42 Å². The fraction of sp³-hybridized carbons (Fsp3) is 0.111. The molecule has 3 N–H and O–H groups in total. The Morgan fingerprint density at radius 1 is 1.09 bits per heavy atom. The van der Waals surface area contributed by atoms with Gasteiger partial charge in [0.2, 0.25) is 5.91 Å². The number of nitrogens with zero attached hydrogens (tertiary/aromatic N) is 1. The monoisotopic (exact) mass is 291 g/mol. The molecular formula is C18H17N3O. The van der Waals surface area contributed by atoms with Gasteiger partial charge in [-0.2, -0.15) is 0 Å². The molecule has 0 spiro atoms. The van der Waals surface area contributed by atoms with Crippen molar-refractivity contribution < 1.29 is 4.79 Å². The van der Waals surface area contributed by atoms with Crippen LogP contribution in [0.3, 0.4) is 0 Å². The van der Waals surface area contributed by atoms with Gasteiger partial charge in [0.25, 0.3) is 0 Å². The molecule has 1 amide bonds. The molecule has 0 bridgehead atoms. The number of carbonyl (C=O) groups excluding carboxylic acids is 1. The van der Waals surface area contributed by atoms with Crippen molar-refractivity contribution in [3.8, 4) is 0 Å². The summed E-state index contributed by atoms with van der Waals surface area (Å²) in [5.74, 6) is -0.430. The molecule has 0 atom stereocenters. The van der Waals surface area contributed by atoms with Gasteiger partial charge < -0.3 is 11.1 Å². The van der Waals surface area contributed by atoms with E-state index in [9.17, 15) is 4.79 Å². The van der Waals surface area contributed by atoms with E-state index in [1.54, 1.807) is 18.3 Å². The van der Waals surface area contributed by atoms with E-state index in [1.165, 1.54) is 5.56 Å². The Labute approximate surface area is 129 Å². The molecule has 3 aromatic rings. The molecule has 0 aliphatic carbocycles. The third-order valence-electron chi connectivity index (χ3n) is 3.60. The number of hydrogen-bond acceptors (Lipinski definition) is 3. The number of pyridine rings is 1. The second kappa shape index (κ2) is 6.26. The number of nitrogens with two attached hydrogens (primary N) is 1. The Hall–Kier alpha value is -2.88. The van der Waals surface area contributed by atoms with Crippen molar-refractivity contribution >= 4 is 22.5 Å². The zero-order valence-electron chi connectivity index (χ0n) is 12.1. The smallest absolute Gasteiger partial charge is 0.248 e. The van der Waals surface area contributed by atoms with Gasteiger partial charge in [-0.1, -0.05) is 30.3 Å². The highest BCUT2D eigenvalue weighted by atomic mass is 16.1. The van der Waals surface area contributed by atoms with Crippen LogP contribution in [0, 0.1) is 0 Å². The zero-order valence-corrected chi connectivity index (χ0v) is 12.1. The van der Waals surface area contributed by atoms with E-state index >= 15 is 0 Å². The third kappa shape index (κ3) is 3.06. The molecule has 0 aliphatic heterocycles. The molecule has 0 aliphatic rings. The number of aromatic nitrogens is 1. The number of amides is 1. The van der Waals surface area contributed by atoms with Crippen LogP contribution in [0.15, 0.2) is 60.8 Å². The molecule has 2 aromatic carbocycles. The number of rotatable bonds is 5. The maximum Gasteiger partial charge on any atom is 0.248 e. The van der Waals surface area contributed by atoms with Gasteiger partial charge in [-0.3, -0.25) is 9.78 Å². The number of anilines is 1. The van der Waals surface area contributed by atoms with E-state index in [2.05, 4.69) is 22.4 Å². The zero-order chi connectivity index (χ0) is 15.4. The van der Waals surface area contributed by atoms with Crippen molar-refractivity contribution in [2.24, 2.45) is 5.73 Å². The average molecular weight is 291 g/mol. The molecule has 110 valence electrons. The van der Waals surface area contributed by atoms with Crippen molar-refractivity contribution in [2.75, 3.05) is 11.9 Å². The Morgan fingerprint density at radius 3 is 2.68 bits per heavy atom. The summed E-state index contributed by atoms with van der Waals surface area (Å²) in [5, 5.41) is 4.32. The van der Waals surface area contributed by atoms with Gasteiger partial charge in [0.1, 0.15) is 0 Å². The summed E-state index contributed by atoms with van der Waals surface area (Å²) in [6, 6.07) is 17.5. The molecule has 4 nitrogen and oxygen atoms in total. The SMILES string of the molecule is NC(=O)c1ccc2nccc(NCCc3ccccc3)c2c1. The summed E-state index contributed by atoms with van der Waals surface area (Å²) in [7, 11) is 0. The molecule has 0 fully saturated rings. The minimum Gasteiger partial charge on any atom is -0.384 e. The Morgan fingerprint density at radius 2 is 1.91 bits per heavy atom. The van der Waals surface area contributed by atoms with Crippen molar-refractivity contribution in [1.29, 1.82) is 0 Å². The van der Waals surface area contributed by atoms with Crippen LogP contribution in [0.2, 0.25) is 0 Å². The fourth-order valence-corrected chi connectivity index (χ4v) is 2.44. The van der Waals surface area contributed by atoms with Crippen molar-refractivity contribution in [3.05, 3.63) is 71.9 Å². The highest BCUT2D eigenvalue weighted by molar-refractivity contribution is 6.00. The molecular weight excluding hydrogens is 274 g/mol. The van der Waals surface area contributed by atoms with Crippen LogP contribution in [0.25, 0.3) is 10.9 Å². The first-order valence-corrected chi connectivity index (χ1v) is 7.20. The summed E-state index contributed by atoms with van der Waals surface area (Å²) in [4.78, 5) is 15.7. The van der Waals surface area contributed by atoms with Crippen LogP contribution >= 0.6 is 0 Å². The molecule has 0 unspecified atom stereocenters. The highest BCUT2D eigenvalue weighted by Gasteiger charge is 2.06. The predicted octanol–water partition coefficient (Wildman–Crippen LogP) is 2.99. The molecule has 22 heavy (non-hydrogen) atoms. The topological polar surface area (TPSA) is 68.0 Å². The summed E-state index contributed by atoms with van der Waals surface area (Å²) in [5.41, 5.74) is 8.93. The first-order valence-electron chi connectivity index (χ1n) is 7.20. The minimum absolute atomic E-state index is 0.430. The van der Waals surface area contributed by atoms with Gasteiger partial charge in [-0.05, 0) is 36.2 Å². The van der Waals surface area contributed by atoms with Gasteiger partial charge in [-0.25, -0.2) is 0 Å². The summed E-state index contributed by atoms with van der Waals surface area (Å²) in [6.45, 7) is 0.809. The lowest BCUT2D eigenvalue weighted by atomic mass is 10.1. The Balaban J connectivity index is 1.80. The van der Waals surface area contributed by atoms with Gasteiger partial charge >= 0.3 is 0 Å². The first kappa shape index (κ1) is 14.1. The number of fused-ring (bicyclic) bond motifs is 1. The van der Waals surface area contributed by atoms with Gasteiger partial charge in [0.15, 0.2) is 0 Å². The first-order chi connectivity index (χ1) is 10.7. The molecule has 0 saturated heterocycles. The summed E-state index contributed by atoms with van der Waals surface area (Å²) < 4.78 is 0. The highest BCUT2D eigenvalue weighted by Crippen LogP contribution is 2.22. The van der Waals surface area contributed by atoms with E-state index < -0.39 is 5.91 Å². The number of nitrogens with one attached hydrogen (secondary N) is 1. The quantitative estimate of drug-likeness (QED) is 0.759. The number of primary amides is 1. The minimum atomic E-state index is -0.430. The summed E-state index contributed by atoms with van der Waals surface area (Å²) >= 11 is 0. The Bertz CT molecular complexity index is 800. The second-order valence-corrected chi connectivity index (χ2v) is 5.12. The lowest BCUT2D eigenvalue weighted by Crippen LogP contribution is -2.11. The van der Waals surface area contributed by atoms with Crippen LogP contribution in [0.5, 0.6) is 0 Å². The fourth-order valence-electron chi connectivity index (χ4n) is 2.44. The predicted molar refractivity (Wildman–Crippen MR) is 88.9 cm³/mol. The number of benzene rings is 2. The standard InChI is InChI=1S/C18H17N3O/c19-18(22)14-6-7-16-15(12-14)17(9-11-21-16)20-10-8-13-4-2-1-3-5-13/h1-7,9,11-12H,8,10H2,(H2,19,22)(H,20,21). The van der Waals surface area contributed by atoms with Gasteiger partial charge in [0.05, 0.1) is 5.52 Å². The molecule has 1 heterocycles. The molecule has 0 radical (unpaired) electrons. The van der Waals surface area contributed by atoms with E-state index in [0.29, 0.717) is 5.56 Å². The van der Waals surface area contributed by atoms with Gasteiger partial charge in [0, 0.05) is 29.4 Å². The second-order valence-electron chi connectivity index (χ2n) is 5.12. The number of carbonyl (C=O) groups is 1. The van der Waals surface area contributed by atoms with E-state index in [4.69, 9.17) is 5.73 Å². The summed E-state index contributed by atoms with van der Waals surface area (Å²) in [6.07, 6.45) is 2.69. The van der Waals surface area contributed by atoms with E-state index in [-0.39, 0.29) is 0 Å². The maximum atomic E-state index is 11.3. The van der Waals surface area contributed by atoms with Crippen molar-refractivity contribution in [1.82, 2.24) is 4.98 Å². The van der Waals surface area contributed by atoms with Crippen LogP contribution in [0.1, 0.15) is 15.9 Å².